The van der Waals surface area contributed by atoms with Gasteiger partial charge in [-0.1, -0.05) is 134 Å². The minimum Gasteiger partial charge on any atom is -0.394 e. The van der Waals surface area contributed by atoms with Crippen LogP contribution in [0.1, 0.15) is 162 Å². The van der Waals surface area contributed by atoms with E-state index >= 15 is 0 Å². The zero-order valence-electron chi connectivity index (χ0n) is 32.5. The Labute approximate surface area is 314 Å². The largest absolute Gasteiger partial charge is 0.394 e. The summed E-state index contributed by atoms with van der Waals surface area (Å²) >= 11 is 0. The first-order chi connectivity index (χ1) is 25.2. The lowest BCUT2D eigenvalue weighted by Gasteiger charge is -2.40. The molecule has 9 atom stereocenters. The molecule has 0 radical (unpaired) electrons. The van der Waals surface area contributed by atoms with E-state index in [0.717, 1.165) is 38.5 Å². The molecular weight excluding hydrogens is 666 g/mol. The second-order valence-corrected chi connectivity index (χ2v) is 14.7. The van der Waals surface area contributed by atoms with Gasteiger partial charge >= 0.3 is 0 Å². The van der Waals surface area contributed by atoms with Gasteiger partial charge in [0.25, 0.3) is 0 Å². The van der Waals surface area contributed by atoms with Crippen molar-refractivity contribution in [3.63, 3.8) is 0 Å². The predicted octanol–water partition coefficient (Wildman–Crippen LogP) is 5.49. The maximum absolute atomic E-state index is 13.0. The van der Waals surface area contributed by atoms with Gasteiger partial charge in [-0.15, -0.1) is 0 Å². The van der Waals surface area contributed by atoms with E-state index in [1.165, 1.54) is 77.0 Å². The van der Waals surface area contributed by atoms with Crippen molar-refractivity contribution in [1.82, 2.24) is 5.32 Å². The standard InChI is InChI=1S/C41H77NO10/c1-3-5-7-9-11-13-15-17-19-20-22-24-26-28-33(44)36(46)32(31-51-41-39(49)38(48)37(47)35(30-43)52-41)42-40(50)34(45)29-27-25-23-21-18-16-14-12-10-8-6-4-2/h13,15,20,22,32-39,41,43-49H,3-12,14,16-19,21,23-31H2,1-2H3,(H,42,50)/b15-13+,22-20+. The smallest absolute Gasteiger partial charge is 0.249 e. The van der Waals surface area contributed by atoms with E-state index in [9.17, 15) is 40.5 Å². The van der Waals surface area contributed by atoms with Crippen LogP contribution < -0.4 is 5.32 Å². The van der Waals surface area contributed by atoms with Gasteiger partial charge in [0.2, 0.25) is 5.91 Å². The molecule has 1 heterocycles. The number of aliphatic hydroxyl groups excluding tert-OH is 7. The molecular formula is C41H77NO10. The number of hydrogen-bond donors (Lipinski definition) is 8. The fraction of sp³-hybridized carbons (Fsp3) is 0.878. The van der Waals surface area contributed by atoms with Gasteiger partial charge in [-0.3, -0.25) is 4.79 Å². The minimum atomic E-state index is -1.67. The van der Waals surface area contributed by atoms with Crippen LogP contribution in [0.15, 0.2) is 24.3 Å². The molecule has 0 spiro atoms. The van der Waals surface area contributed by atoms with Gasteiger partial charge in [0.1, 0.15) is 36.6 Å². The summed E-state index contributed by atoms with van der Waals surface area (Å²) in [6.07, 6.45) is 20.9. The third kappa shape index (κ3) is 22.1. The summed E-state index contributed by atoms with van der Waals surface area (Å²) in [6, 6.07) is -1.18. The third-order valence-corrected chi connectivity index (χ3v) is 9.98. The molecule has 0 aromatic carbocycles. The molecule has 11 nitrogen and oxygen atoms in total. The fourth-order valence-electron chi connectivity index (χ4n) is 6.45. The average Bonchev–Trinajstić information content (AvgIpc) is 3.14. The fourth-order valence-corrected chi connectivity index (χ4v) is 6.45. The maximum atomic E-state index is 13.0. The Kier molecular flexibility index (Phi) is 29.8. The van der Waals surface area contributed by atoms with E-state index in [1.807, 2.05) is 0 Å². The molecule has 0 aromatic heterocycles. The summed E-state index contributed by atoms with van der Waals surface area (Å²) in [5.74, 6) is -0.713. The predicted molar refractivity (Wildman–Crippen MR) is 205 cm³/mol. The topological polar surface area (TPSA) is 189 Å². The Bertz CT molecular complexity index is 903. The molecule has 11 heteroatoms. The van der Waals surface area contributed by atoms with Gasteiger partial charge in [0.15, 0.2) is 6.29 Å². The van der Waals surface area contributed by atoms with Crippen LogP contribution in [-0.4, -0.2) is 110 Å². The van der Waals surface area contributed by atoms with E-state index < -0.39 is 74.2 Å². The number of amides is 1. The number of ether oxygens (including phenoxy) is 2. The van der Waals surface area contributed by atoms with Crippen LogP contribution in [0.3, 0.4) is 0 Å². The SMILES string of the molecule is CCCCCC/C=C/CC/C=C/CCCC(O)C(O)C(COC1OC(CO)C(O)C(O)C1O)NC(=O)C(O)CCCCCCCCCCCCCC. The lowest BCUT2D eigenvalue weighted by atomic mass is 9.98. The van der Waals surface area contributed by atoms with Gasteiger partial charge in [-0.25, -0.2) is 0 Å². The van der Waals surface area contributed by atoms with Crippen molar-refractivity contribution in [2.75, 3.05) is 13.2 Å². The molecule has 1 aliphatic heterocycles. The lowest BCUT2D eigenvalue weighted by molar-refractivity contribution is -0.303. The van der Waals surface area contributed by atoms with Crippen molar-refractivity contribution in [1.29, 1.82) is 0 Å². The molecule has 1 amide bonds. The third-order valence-electron chi connectivity index (χ3n) is 9.98. The minimum absolute atomic E-state index is 0.247. The highest BCUT2D eigenvalue weighted by molar-refractivity contribution is 5.80. The highest BCUT2D eigenvalue weighted by Crippen LogP contribution is 2.23. The summed E-state index contributed by atoms with van der Waals surface area (Å²) in [5, 5.41) is 75.3. The van der Waals surface area contributed by atoms with E-state index in [2.05, 4.69) is 43.5 Å². The molecule has 0 aliphatic carbocycles. The molecule has 0 bridgehead atoms. The second-order valence-electron chi connectivity index (χ2n) is 14.7. The van der Waals surface area contributed by atoms with Crippen molar-refractivity contribution in [2.45, 2.75) is 217 Å². The van der Waals surface area contributed by atoms with Gasteiger partial charge in [0.05, 0.1) is 25.4 Å². The number of nitrogens with one attached hydrogen (secondary N) is 1. The van der Waals surface area contributed by atoms with E-state index in [4.69, 9.17) is 9.47 Å². The number of carbonyl (C=O) groups is 1. The van der Waals surface area contributed by atoms with Crippen molar-refractivity contribution in [3.05, 3.63) is 24.3 Å². The summed E-state index contributed by atoms with van der Waals surface area (Å²) in [4.78, 5) is 13.0. The van der Waals surface area contributed by atoms with Crippen molar-refractivity contribution < 1.29 is 50.0 Å². The first-order valence-corrected chi connectivity index (χ1v) is 20.7. The Morgan fingerprint density at radius 2 is 1.15 bits per heavy atom. The molecule has 0 saturated carbocycles. The van der Waals surface area contributed by atoms with Crippen LogP contribution in [0.4, 0.5) is 0 Å². The van der Waals surface area contributed by atoms with Crippen molar-refractivity contribution in [2.24, 2.45) is 0 Å². The Morgan fingerprint density at radius 1 is 0.654 bits per heavy atom. The summed E-state index contributed by atoms with van der Waals surface area (Å²) in [5.41, 5.74) is 0. The number of hydrogen-bond acceptors (Lipinski definition) is 10. The molecule has 52 heavy (non-hydrogen) atoms. The Morgan fingerprint density at radius 3 is 1.71 bits per heavy atom. The van der Waals surface area contributed by atoms with E-state index in [1.54, 1.807) is 0 Å². The van der Waals surface area contributed by atoms with Crippen LogP contribution in [0, 0.1) is 0 Å². The van der Waals surface area contributed by atoms with Crippen LogP contribution in [-0.2, 0) is 14.3 Å². The van der Waals surface area contributed by atoms with Crippen LogP contribution in [0.5, 0.6) is 0 Å². The Balaban J connectivity index is 2.57. The average molecular weight is 744 g/mol. The number of allylic oxidation sites excluding steroid dienone is 4. The van der Waals surface area contributed by atoms with E-state index in [-0.39, 0.29) is 12.8 Å². The van der Waals surface area contributed by atoms with Crippen LogP contribution in [0.2, 0.25) is 0 Å². The number of unbranched alkanes of at least 4 members (excludes halogenated alkanes) is 17. The second kappa shape index (κ2) is 31.9. The first kappa shape index (κ1) is 48.6. The summed E-state index contributed by atoms with van der Waals surface area (Å²) < 4.78 is 11.0. The van der Waals surface area contributed by atoms with Crippen LogP contribution >= 0.6 is 0 Å². The normalized spacial score (nSPS) is 23.3. The molecule has 1 fully saturated rings. The molecule has 306 valence electrons. The van der Waals surface area contributed by atoms with E-state index in [0.29, 0.717) is 19.3 Å². The molecule has 1 rings (SSSR count). The highest BCUT2D eigenvalue weighted by atomic mass is 16.7. The summed E-state index contributed by atoms with van der Waals surface area (Å²) in [6.45, 7) is 3.36. The quantitative estimate of drug-likeness (QED) is 0.0315. The molecule has 8 N–H and O–H groups in total. The maximum Gasteiger partial charge on any atom is 0.249 e. The van der Waals surface area contributed by atoms with Crippen molar-refractivity contribution in [3.8, 4) is 0 Å². The summed E-state index contributed by atoms with van der Waals surface area (Å²) in [7, 11) is 0. The Hall–Kier alpha value is -1.41. The zero-order chi connectivity index (χ0) is 38.4. The molecule has 9 unspecified atom stereocenters. The van der Waals surface area contributed by atoms with Crippen LogP contribution in [0.25, 0.3) is 0 Å². The van der Waals surface area contributed by atoms with Gasteiger partial charge < -0.3 is 50.5 Å². The van der Waals surface area contributed by atoms with Crippen molar-refractivity contribution >= 4 is 5.91 Å². The lowest BCUT2D eigenvalue weighted by Crippen LogP contribution is -2.60. The molecule has 0 aromatic rings. The number of carbonyl (C=O) groups excluding carboxylic acids is 1. The number of aliphatic hydroxyl groups is 7. The zero-order valence-corrected chi connectivity index (χ0v) is 32.5. The van der Waals surface area contributed by atoms with Gasteiger partial charge in [-0.2, -0.15) is 0 Å². The molecule has 1 saturated heterocycles. The van der Waals surface area contributed by atoms with Gasteiger partial charge in [0, 0.05) is 0 Å². The first-order valence-electron chi connectivity index (χ1n) is 20.7. The molecule has 1 aliphatic rings. The van der Waals surface area contributed by atoms with Gasteiger partial charge in [-0.05, 0) is 51.4 Å². The highest BCUT2D eigenvalue weighted by Gasteiger charge is 2.44. The monoisotopic (exact) mass is 744 g/mol. The number of rotatable bonds is 33.